The van der Waals surface area contributed by atoms with E-state index in [-0.39, 0.29) is 0 Å². The summed E-state index contributed by atoms with van der Waals surface area (Å²) in [5.41, 5.74) is 0. The maximum absolute atomic E-state index is 5.86. The van der Waals surface area contributed by atoms with Crippen LogP contribution in [0.25, 0.3) is 0 Å². The summed E-state index contributed by atoms with van der Waals surface area (Å²) in [6.45, 7) is 1.47. The van der Waals surface area contributed by atoms with E-state index in [1.54, 1.807) is 0 Å². The third-order valence-electron chi connectivity index (χ3n) is 4.27. The van der Waals surface area contributed by atoms with Crippen molar-refractivity contribution in [2.75, 3.05) is 24.7 Å². The first-order valence-corrected chi connectivity index (χ1v) is 11.5. The summed E-state index contributed by atoms with van der Waals surface area (Å²) in [4.78, 5) is 4.43. The fraction of sp³-hybridized carbons (Fsp3) is 0.190. The van der Waals surface area contributed by atoms with Gasteiger partial charge in [-0.05, 0) is 36.4 Å². The molecule has 3 rings (SSSR count). The van der Waals surface area contributed by atoms with Gasteiger partial charge in [-0.25, -0.2) is 0 Å². The van der Waals surface area contributed by atoms with Gasteiger partial charge in [-0.15, -0.1) is 0 Å². The van der Waals surface area contributed by atoms with Crippen molar-refractivity contribution in [1.29, 1.82) is 0 Å². The van der Waals surface area contributed by atoms with Crippen molar-refractivity contribution in [3.63, 3.8) is 0 Å². The largest absolute Gasteiger partial charge is 0.377 e. The summed E-state index contributed by atoms with van der Waals surface area (Å²) < 4.78 is 5.86. The number of pyridine rings is 1. The van der Waals surface area contributed by atoms with Gasteiger partial charge in [0.2, 0.25) is 0 Å². The highest BCUT2D eigenvalue weighted by Crippen LogP contribution is 2.54. The number of hydrogen-bond donors (Lipinski definition) is 0. The highest BCUT2D eigenvalue weighted by atomic mass is 75.9. The van der Waals surface area contributed by atoms with Gasteiger partial charge >= 0.3 is 0 Å². The molecule has 0 aliphatic heterocycles. The van der Waals surface area contributed by atoms with Gasteiger partial charge in [-0.1, -0.05) is 52.3 Å². The van der Waals surface area contributed by atoms with Gasteiger partial charge in [0, 0.05) is 11.5 Å². The Balaban J connectivity index is 2.13. The summed E-state index contributed by atoms with van der Waals surface area (Å²) in [7, 11) is -1.80. The Morgan fingerprint density at radius 2 is 1.36 bits per heavy atom. The van der Waals surface area contributed by atoms with Gasteiger partial charge < -0.3 is 4.74 Å². The molecule has 1 heterocycles. The molecule has 0 saturated heterocycles. The quantitative estimate of drug-likeness (QED) is 0.320. The molecule has 0 aliphatic carbocycles. The fourth-order valence-corrected chi connectivity index (χ4v) is 7.40. The lowest BCUT2D eigenvalue weighted by Crippen LogP contribution is -2.35. The molecule has 0 amide bonds. The maximum Gasteiger partial charge on any atom is 0.123 e. The molecule has 2 aromatic carbocycles. The number of rotatable bonds is 8. The molecule has 0 unspecified atom stereocenters. The van der Waals surface area contributed by atoms with Crippen LogP contribution in [0.4, 0.5) is 0 Å². The van der Waals surface area contributed by atoms with Crippen molar-refractivity contribution in [3.8, 4) is 0 Å². The van der Waals surface area contributed by atoms with E-state index in [1.807, 2.05) is 18.5 Å². The van der Waals surface area contributed by atoms with Crippen LogP contribution < -0.4 is 15.9 Å². The predicted molar refractivity (Wildman–Crippen MR) is 112 cm³/mol. The van der Waals surface area contributed by atoms with Gasteiger partial charge in [0.25, 0.3) is 0 Å². The first-order valence-electron chi connectivity index (χ1n) is 8.41. The number of halogens is 1. The van der Waals surface area contributed by atoms with Crippen LogP contribution in [-0.4, -0.2) is 29.7 Å². The van der Waals surface area contributed by atoms with Crippen LogP contribution in [-0.2, 0) is 4.74 Å². The molecule has 3 aromatic rings. The molecule has 0 aliphatic rings. The molecule has 0 fully saturated rings. The van der Waals surface area contributed by atoms with E-state index in [9.17, 15) is 0 Å². The van der Waals surface area contributed by atoms with E-state index in [0.29, 0.717) is 0 Å². The van der Waals surface area contributed by atoms with Crippen LogP contribution in [0.1, 0.15) is 0 Å². The van der Waals surface area contributed by atoms with Gasteiger partial charge in [0.05, 0.1) is 25.6 Å². The minimum absolute atomic E-state index is 0.733. The van der Waals surface area contributed by atoms with Crippen LogP contribution in [0.5, 0.6) is 0 Å². The molecule has 25 heavy (non-hydrogen) atoms. The molecule has 2 nitrogen and oxygen atoms in total. The number of alkyl halides is 1. The van der Waals surface area contributed by atoms with Crippen LogP contribution in [0, 0.1) is 0 Å². The van der Waals surface area contributed by atoms with Crippen molar-refractivity contribution in [2.45, 2.75) is 0 Å². The lowest BCUT2D eigenvalue weighted by molar-refractivity contribution is 0.167. The number of hydrogen-bond acceptors (Lipinski definition) is 2. The van der Waals surface area contributed by atoms with E-state index in [2.05, 4.69) is 87.6 Å². The van der Waals surface area contributed by atoms with Gasteiger partial charge in [0.1, 0.15) is 23.2 Å². The summed E-state index contributed by atoms with van der Waals surface area (Å²) in [5.74, 6) is 0. The van der Waals surface area contributed by atoms with E-state index in [0.717, 1.165) is 24.7 Å². The zero-order chi connectivity index (χ0) is 17.4. The van der Waals surface area contributed by atoms with Crippen molar-refractivity contribution >= 4 is 39.1 Å². The molecule has 0 N–H and O–H groups in total. The zero-order valence-corrected chi connectivity index (χ0v) is 16.6. The molecule has 0 atom stereocenters. The highest BCUT2D eigenvalue weighted by molar-refractivity contribution is 9.09. The average Bonchev–Trinajstić information content (AvgIpc) is 2.70. The third-order valence-corrected chi connectivity index (χ3v) is 8.96. The van der Waals surface area contributed by atoms with E-state index in [4.69, 9.17) is 4.74 Å². The maximum atomic E-state index is 5.86. The van der Waals surface area contributed by atoms with Crippen molar-refractivity contribution < 1.29 is 4.74 Å². The Labute approximate surface area is 158 Å². The minimum Gasteiger partial charge on any atom is -0.377 e. The minimum atomic E-state index is -1.80. The number of nitrogens with zero attached hydrogens (tertiary/aromatic N) is 1. The van der Waals surface area contributed by atoms with Gasteiger partial charge in [0.15, 0.2) is 0 Å². The van der Waals surface area contributed by atoms with Crippen molar-refractivity contribution in [1.82, 2.24) is 4.98 Å². The Kier molecular flexibility index (Phi) is 6.75. The SMILES string of the molecule is [76Br]CCOCC[P+](c1ccccc1)(c1ccccc1)c1cccnc1. The molecule has 0 radical (unpaired) electrons. The Morgan fingerprint density at radius 3 is 1.88 bits per heavy atom. The van der Waals surface area contributed by atoms with Crippen LogP contribution >= 0.6 is 23.2 Å². The molecular weight excluding hydrogens is 389 g/mol. The average molecular weight is 411 g/mol. The molecular formula is C21H22BrNOP+. The van der Waals surface area contributed by atoms with E-state index < -0.39 is 7.26 Å². The second kappa shape index (κ2) is 9.24. The van der Waals surface area contributed by atoms with E-state index in [1.165, 1.54) is 15.9 Å². The monoisotopic (exact) mass is 411 g/mol. The molecule has 0 saturated carbocycles. The normalized spacial score (nSPS) is 11.4. The van der Waals surface area contributed by atoms with Gasteiger partial charge in [-0.3, -0.25) is 4.98 Å². The zero-order valence-electron chi connectivity index (χ0n) is 14.1. The summed E-state index contributed by atoms with van der Waals surface area (Å²) in [5, 5.41) is 4.91. The Hall–Kier alpha value is -1.54. The predicted octanol–water partition coefficient (Wildman–Crippen LogP) is 3.79. The molecule has 1 aromatic heterocycles. The standard InChI is InChI=1S/C21H22BrNOP/c22-13-15-24-16-17-25(19-8-3-1-4-9-19,20-10-5-2-6-11-20)21-12-7-14-23-18-21/h1-12,14,18H,13,15-17H2/q+1/i22-4. The first kappa shape index (κ1) is 18.3. The molecule has 0 bridgehead atoms. The topological polar surface area (TPSA) is 22.1 Å². The summed E-state index contributed by atoms with van der Waals surface area (Å²) in [6, 6.07) is 25.9. The lowest BCUT2D eigenvalue weighted by Gasteiger charge is -2.27. The Morgan fingerprint density at radius 1 is 0.760 bits per heavy atom. The number of ether oxygens (including phenoxy) is 1. The fourth-order valence-electron chi connectivity index (χ4n) is 3.14. The smallest absolute Gasteiger partial charge is 0.123 e. The summed E-state index contributed by atoms with van der Waals surface area (Å²) in [6.07, 6.45) is 4.84. The van der Waals surface area contributed by atoms with E-state index >= 15 is 0 Å². The molecule has 0 spiro atoms. The van der Waals surface area contributed by atoms with Crippen molar-refractivity contribution in [2.24, 2.45) is 0 Å². The second-order valence-corrected chi connectivity index (χ2v) is 10.1. The third kappa shape index (κ3) is 4.17. The van der Waals surface area contributed by atoms with Crippen LogP contribution in [0.3, 0.4) is 0 Å². The van der Waals surface area contributed by atoms with Crippen LogP contribution in [0.15, 0.2) is 85.2 Å². The second-order valence-electron chi connectivity index (χ2n) is 5.72. The molecule has 128 valence electrons. The summed E-state index contributed by atoms with van der Waals surface area (Å²) >= 11 is 3.44. The first-order chi connectivity index (χ1) is 12.4. The van der Waals surface area contributed by atoms with Crippen molar-refractivity contribution in [3.05, 3.63) is 85.2 Å². The molecule has 4 heteroatoms. The van der Waals surface area contributed by atoms with Crippen LogP contribution in [0.2, 0.25) is 0 Å². The van der Waals surface area contributed by atoms with Gasteiger partial charge in [-0.2, -0.15) is 0 Å². The lowest BCUT2D eigenvalue weighted by atomic mass is 10.4. The number of benzene rings is 2. The Bertz CT molecular complexity index is 656. The number of aromatic nitrogens is 1. The highest BCUT2D eigenvalue weighted by Gasteiger charge is 2.45.